The molecule has 0 aliphatic carbocycles. The third kappa shape index (κ3) is 4.35. The van der Waals surface area contributed by atoms with Gasteiger partial charge < -0.3 is 4.79 Å². The number of sulfonamides is 1. The fourth-order valence-corrected chi connectivity index (χ4v) is 4.95. The van der Waals surface area contributed by atoms with Crippen molar-refractivity contribution in [1.29, 1.82) is 0 Å². The van der Waals surface area contributed by atoms with Crippen LogP contribution in [0.2, 0.25) is 0 Å². The van der Waals surface area contributed by atoms with Crippen molar-refractivity contribution < 1.29 is 13.2 Å². The summed E-state index contributed by atoms with van der Waals surface area (Å²) < 4.78 is 27.5. The van der Waals surface area contributed by atoms with E-state index < -0.39 is 10.0 Å². The van der Waals surface area contributed by atoms with Crippen LogP contribution < -0.4 is 0 Å². The second kappa shape index (κ2) is 8.15. The summed E-state index contributed by atoms with van der Waals surface area (Å²) in [4.78, 5) is 14.0. The lowest BCUT2D eigenvalue weighted by molar-refractivity contribution is -0.113. The predicted octanol–water partition coefficient (Wildman–Crippen LogP) is 3.23. The van der Waals surface area contributed by atoms with Gasteiger partial charge in [0.1, 0.15) is 6.29 Å². The first-order valence-electron chi connectivity index (χ1n) is 9.58. The van der Waals surface area contributed by atoms with E-state index in [0.29, 0.717) is 31.1 Å². The Labute approximate surface area is 168 Å². The number of nitrogens with zero attached hydrogens (tertiary/aromatic N) is 2. The maximum absolute atomic E-state index is 13.0. The van der Waals surface area contributed by atoms with Gasteiger partial charge in [0.05, 0.1) is 10.9 Å². The Bertz CT molecular complexity index is 895. The van der Waals surface area contributed by atoms with Crippen molar-refractivity contribution >= 4 is 16.3 Å². The molecule has 1 saturated heterocycles. The third-order valence-electron chi connectivity index (χ3n) is 5.29. The molecule has 0 radical (unpaired) electrons. The molecule has 1 fully saturated rings. The Kier molecular flexibility index (Phi) is 6.03. The Morgan fingerprint density at radius 1 is 0.893 bits per heavy atom. The van der Waals surface area contributed by atoms with Gasteiger partial charge in [0.25, 0.3) is 0 Å². The van der Waals surface area contributed by atoms with Gasteiger partial charge in [-0.05, 0) is 28.7 Å². The van der Waals surface area contributed by atoms with E-state index in [1.165, 1.54) is 4.31 Å². The van der Waals surface area contributed by atoms with E-state index in [4.69, 9.17) is 0 Å². The molecule has 28 heavy (non-hydrogen) atoms. The predicted molar refractivity (Wildman–Crippen MR) is 111 cm³/mol. The third-order valence-corrected chi connectivity index (χ3v) is 7.21. The van der Waals surface area contributed by atoms with Gasteiger partial charge >= 0.3 is 0 Å². The second-order valence-electron chi connectivity index (χ2n) is 8.21. The van der Waals surface area contributed by atoms with Crippen LogP contribution in [-0.2, 0) is 20.2 Å². The fourth-order valence-electron chi connectivity index (χ4n) is 3.52. The van der Waals surface area contributed by atoms with Crippen LogP contribution in [-0.4, -0.2) is 50.1 Å². The van der Waals surface area contributed by atoms with Crippen LogP contribution in [0.15, 0.2) is 59.5 Å². The minimum atomic E-state index is -3.53. The van der Waals surface area contributed by atoms with Crippen LogP contribution in [0.5, 0.6) is 0 Å². The van der Waals surface area contributed by atoms with E-state index in [0.717, 1.165) is 17.4 Å². The molecule has 1 aliphatic heterocycles. The minimum Gasteiger partial charge on any atom is -0.301 e. The maximum Gasteiger partial charge on any atom is 0.243 e. The van der Waals surface area contributed by atoms with Gasteiger partial charge in [-0.15, -0.1) is 0 Å². The molecule has 1 unspecified atom stereocenters. The molecule has 0 amide bonds. The first-order valence-corrected chi connectivity index (χ1v) is 11.0. The molecule has 150 valence electrons. The smallest absolute Gasteiger partial charge is 0.243 e. The summed E-state index contributed by atoms with van der Waals surface area (Å²) in [6.45, 7) is 8.11. The Morgan fingerprint density at radius 3 is 1.96 bits per heavy atom. The number of aldehydes is 1. The van der Waals surface area contributed by atoms with Crippen LogP contribution in [0.25, 0.3) is 0 Å². The van der Waals surface area contributed by atoms with Crippen molar-refractivity contribution in [1.82, 2.24) is 9.21 Å². The van der Waals surface area contributed by atoms with E-state index >= 15 is 0 Å². The Balaban J connectivity index is 1.70. The van der Waals surface area contributed by atoms with Gasteiger partial charge in [0, 0.05) is 26.2 Å². The molecule has 0 saturated carbocycles. The first-order chi connectivity index (χ1) is 13.2. The molecule has 3 rings (SSSR count). The van der Waals surface area contributed by atoms with Crippen LogP contribution in [0.1, 0.15) is 37.9 Å². The monoisotopic (exact) mass is 400 g/mol. The first kappa shape index (κ1) is 20.7. The van der Waals surface area contributed by atoms with Crippen LogP contribution in [0.4, 0.5) is 0 Å². The van der Waals surface area contributed by atoms with Crippen molar-refractivity contribution in [2.45, 2.75) is 37.1 Å². The maximum atomic E-state index is 13.0. The molecule has 0 N–H and O–H groups in total. The van der Waals surface area contributed by atoms with Crippen LogP contribution in [0.3, 0.4) is 0 Å². The largest absolute Gasteiger partial charge is 0.301 e. The summed E-state index contributed by atoms with van der Waals surface area (Å²) in [5.74, 6) is 0. The lowest BCUT2D eigenvalue weighted by Gasteiger charge is -2.37. The molecule has 5 nitrogen and oxygen atoms in total. The molecular formula is C22H28N2O3S. The van der Waals surface area contributed by atoms with Crippen LogP contribution in [0, 0.1) is 0 Å². The molecule has 6 heteroatoms. The number of rotatable bonds is 5. The van der Waals surface area contributed by atoms with E-state index in [1.54, 1.807) is 12.1 Å². The average molecular weight is 401 g/mol. The highest BCUT2D eigenvalue weighted by Gasteiger charge is 2.31. The lowest BCUT2D eigenvalue weighted by atomic mass is 9.87. The molecular weight excluding hydrogens is 372 g/mol. The second-order valence-corrected chi connectivity index (χ2v) is 10.1. The zero-order valence-corrected chi connectivity index (χ0v) is 17.5. The molecule has 2 aromatic rings. The van der Waals surface area contributed by atoms with E-state index in [1.807, 2.05) is 47.4 Å². The van der Waals surface area contributed by atoms with Crippen LogP contribution >= 0.6 is 0 Å². The Morgan fingerprint density at radius 2 is 1.46 bits per heavy atom. The number of piperazine rings is 1. The number of carbonyl (C=O) groups is 1. The molecule has 0 bridgehead atoms. The topological polar surface area (TPSA) is 57.7 Å². The summed E-state index contributed by atoms with van der Waals surface area (Å²) in [6, 6.07) is 16.4. The van der Waals surface area contributed by atoms with Gasteiger partial charge in [0.15, 0.2) is 0 Å². The van der Waals surface area contributed by atoms with Gasteiger partial charge in [-0.2, -0.15) is 4.31 Å². The van der Waals surface area contributed by atoms with Gasteiger partial charge in [0.2, 0.25) is 10.0 Å². The molecule has 1 aliphatic rings. The van der Waals surface area contributed by atoms with Crippen molar-refractivity contribution in [3.63, 3.8) is 0 Å². The number of benzene rings is 2. The van der Waals surface area contributed by atoms with Gasteiger partial charge in [-0.1, -0.05) is 63.2 Å². The summed E-state index contributed by atoms with van der Waals surface area (Å²) in [5, 5.41) is 0. The van der Waals surface area contributed by atoms with Crippen molar-refractivity contribution in [3.05, 3.63) is 65.7 Å². The van der Waals surface area contributed by atoms with Gasteiger partial charge in [-0.3, -0.25) is 4.90 Å². The number of hydrogen-bond donors (Lipinski definition) is 0. The molecule has 0 aromatic heterocycles. The quantitative estimate of drug-likeness (QED) is 0.723. The highest BCUT2D eigenvalue weighted by molar-refractivity contribution is 7.89. The van der Waals surface area contributed by atoms with Crippen molar-refractivity contribution in [2.75, 3.05) is 26.2 Å². The Hall–Kier alpha value is -2.02. The zero-order valence-electron chi connectivity index (χ0n) is 16.7. The highest BCUT2D eigenvalue weighted by atomic mass is 32.2. The summed E-state index contributed by atoms with van der Waals surface area (Å²) in [5.41, 5.74) is 2.02. The summed E-state index contributed by atoms with van der Waals surface area (Å²) in [6.07, 6.45) is 0.935. The molecule has 1 heterocycles. The molecule has 0 spiro atoms. The number of hydrogen-bond acceptors (Lipinski definition) is 4. The SMILES string of the molecule is CC(C)(C)c1ccc(S(=O)(=O)N2CCN(C(C=O)c3ccccc3)CC2)cc1. The van der Waals surface area contributed by atoms with E-state index in [-0.39, 0.29) is 11.5 Å². The highest BCUT2D eigenvalue weighted by Crippen LogP contribution is 2.26. The minimum absolute atomic E-state index is 0.0187. The van der Waals surface area contributed by atoms with E-state index in [2.05, 4.69) is 20.8 Å². The lowest BCUT2D eigenvalue weighted by Crippen LogP contribution is -2.49. The molecule has 1 atom stereocenters. The van der Waals surface area contributed by atoms with Gasteiger partial charge in [-0.25, -0.2) is 8.42 Å². The summed E-state index contributed by atoms with van der Waals surface area (Å²) in [7, 11) is -3.53. The van der Waals surface area contributed by atoms with E-state index in [9.17, 15) is 13.2 Å². The van der Waals surface area contributed by atoms with Crippen molar-refractivity contribution in [2.24, 2.45) is 0 Å². The average Bonchev–Trinajstić information content (AvgIpc) is 2.69. The standard InChI is InChI=1S/C22H28N2O3S/c1-22(2,3)19-9-11-20(12-10-19)28(26,27)24-15-13-23(14-16-24)21(17-25)18-7-5-4-6-8-18/h4-12,17,21H,13-16H2,1-3H3. The normalized spacial score (nSPS) is 18.0. The fraction of sp³-hybridized carbons (Fsp3) is 0.409. The van der Waals surface area contributed by atoms with Crippen molar-refractivity contribution in [3.8, 4) is 0 Å². The zero-order chi connectivity index (χ0) is 20.4. The summed E-state index contributed by atoms with van der Waals surface area (Å²) >= 11 is 0. The molecule has 2 aromatic carbocycles. The number of carbonyl (C=O) groups excluding carboxylic acids is 1.